The summed E-state index contributed by atoms with van der Waals surface area (Å²) < 4.78 is 39.0. The van der Waals surface area contributed by atoms with Crippen LogP contribution in [0, 0.1) is 0 Å². The molecule has 0 aliphatic rings. The van der Waals surface area contributed by atoms with Crippen LogP contribution in [0.4, 0.5) is 13.2 Å². The van der Waals surface area contributed by atoms with Crippen molar-refractivity contribution in [1.82, 2.24) is 9.38 Å². The van der Waals surface area contributed by atoms with E-state index in [2.05, 4.69) is 4.98 Å². The van der Waals surface area contributed by atoms with Crippen molar-refractivity contribution in [3.8, 4) is 0 Å². The molecule has 2 heterocycles. The Morgan fingerprint density at radius 3 is 2.67 bits per heavy atom. The zero-order chi connectivity index (χ0) is 11.1. The maximum absolute atomic E-state index is 12.7. The highest BCUT2D eigenvalue weighted by Crippen LogP contribution is 2.32. The van der Waals surface area contributed by atoms with E-state index in [0.717, 1.165) is 4.40 Å². The predicted octanol–water partition coefficient (Wildman–Crippen LogP) is 1.81. The Hall–Kier alpha value is -1.56. The summed E-state index contributed by atoms with van der Waals surface area (Å²) in [4.78, 5) is 3.82. The molecule has 0 spiro atoms. The molecule has 0 bridgehead atoms. The lowest BCUT2D eigenvalue weighted by atomic mass is 10.3. The molecule has 3 nitrogen and oxygen atoms in total. The molecular weight excluding hydrogens is 207 g/mol. The summed E-state index contributed by atoms with van der Waals surface area (Å²) in [6.45, 7) is -0.226. The Labute approximate surface area is 83.3 Å². The van der Waals surface area contributed by atoms with Gasteiger partial charge in [-0.25, -0.2) is 4.98 Å². The quantitative estimate of drug-likeness (QED) is 0.788. The summed E-state index contributed by atoms with van der Waals surface area (Å²) in [6.07, 6.45) is -3.11. The van der Waals surface area contributed by atoms with Gasteiger partial charge in [-0.2, -0.15) is 13.2 Å². The van der Waals surface area contributed by atoms with Gasteiger partial charge in [-0.3, -0.25) is 4.40 Å². The number of nitrogens with zero attached hydrogens (tertiary/aromatic N) is 2. The van der Waals surface area contributed by atoms with Gasteiger partial charge in [0.2, 0.25) is 0 Å². The van der Waals surface area contributed by atoms with Crippen molar-refractivity contribution in [2.45, 2.75) is 12.7 Å². The van der Waals surface area contributed by atoms with Gasteiger partial charge < -0.3 is 5.73 Å². The molecular formula is C9H8F3N3. The highest BCUT2D eigenvalue weighted by atomic mass is 19.4. The Morgan fingerprint density at radius 1 is 1.33 bits per heavy atom. The molecule has 0 saturated carbocycles. The van der Waals surface area contributed by atoms with Crippen molar-refractivity contribution in [3.63, 3.8) is 0 Å². The van der Waals surface area contributed by atoms with Crippen LogP contribution in [-0.4, -0.2) is 9.38 Å². The number of imidazole rings is 1. The predicted molar refractivity (Wildman–Crippen MR) is 48.1 cm³/mol. The number of rotatable bonds is 1. The van der Waals surface area contributed by atoms with E-state index in [1.807, 2.05) is 0 Å². The number of alkyl halides is 3. The third-order valence-electron chi connectivity index (χ3n) is 2.06. The van der Waals surface area contributed by atoms with Gasteiger partial charge in [-0.1, -0.05) is 6.07 Å². The third kappa shape index (κ3) is 1.56. The van der Waals surface area contributed by atoms with E-state index in [9.17, 15) is 13.2 Å². The summed E-state index contributed by atoms with van der Waals surface area (Å²) in [6, 6.07) is 4.65. The molecule has 2 aromatic rings. The molecule has 0 atom stereocenters. The van der Waals surface area contributed by atoms with Gasteiger partial charge in [0, 0.05) is 12.7 Å². The van der Waals surface area contributed by atoms with Gasteiger partial charge >= 0.3 is 6.18 Å². The van der Waals surface area contributed by atoms with Crippen molar-refractivity contribution in [3.05, 3.63) is 35.8 Å². The van der Waals surface area contributed by atoms with Gasteiger partial charge in [-0.15, -0.1) is 0 Å². The van der Waals surface area contributed by atoms with Crippen LogP contribution in [-0.2, 0) is 12.7 Å². The maximum Gasteiger partial charge on any atom is 0.433 e. The molecule has 2 N–H and O–H groups in total. The van der Waals surface area contributed by atoms with E-state index in [0.29, 0.717) is 0 Å². The van der Waals surface area contributed by atoms with Crippen LogP contribution in [0.15, 0.2) is 24.4 Å². The molecule has 6 heteroatoms. The molecule has 0 unspecified atom stereocenters. The first kappa shape index (κ1) is 9.97. The summed E-state index contributed by atoms with van der Waals surface area (Å²) in [5.74, 6) is 0. The van der Waals surface area contributed by atoms with Crippen LogP contribution < -0.4 is 5.73 Å². The van der Waals surface area contributed by atoms with Crippen LogP contribution in [0.3, 0.4) is 0 Å². The third-order valence-corrected chi connectivity index (χ3v) is 2.06. The molecule has 0 aromatic carbocycles. The van der Waals surface area contributed by atoms with Gasteiger partial charge in [0.05, 0.1) is 5.69 Å². The average molecular weight is 215 g/mol. The van der Waals surface area contributed by atoms with Gasteiger partial charge in [0.1, 0.15) is 5.65 Å². The largest absolute Gasteiger partial charge is 0.433 e. The molecule has 2 aromatic heterocycles. The first-order chi connectivity index (χ1) is 7.04. The Morgan fingerprint density at radius 2 is 2.07 bits per heavy atom. The summed E-state index contributed by atoms with van der Waals surface area (Å²) in [7, 11) is 0. The van der Waals surface area contributed by atoms with Crippen LogP contribution in [0.1, 0.15) is 11.4 Å². The molecule has 0 saturated heterocycles. The van der Waals surface area contributed by atoms with Crippen molar-refractivity contribution >= 4 is 5.65 Å². The van der Waals surface area contributed by atoms with Crippen molar-refractivity contribution in [2.75, 3.05) is 0 Å². The highest BCUT2D eigenvalue weighted by molar-refractivity contribution is 5.43. The molecule has 2 rings (SSSR count). The normalized spacial score (nSPS) is 12.3. The number of hydrogen-bond acceptors (Lipinski definition) is 2. The minimum Gasteiger partial charge on any atom is -0.325 e. The zero-order valence-corrected chi connectivity index (χ0v) is 7.62. The molecule has 0 aliphatic carbocycles. The number of nitrogens with two attached hydrogens (primary N) is 1. The molecule has 0 fully saturated rings. The Balaban J connectivity index is 2.79. The first-order valence-corrected chi connectivity index (χ1v) is 4.27. The molecule has 0 amide bonds. The van der Waals surface area contributed by atoms with Gasteiger partial charge in [-0.05, 0) is 12.1 Å². The Bertz CT molecular complexity index is 487. The van der Waals surface area contributed by atoms with Gasteiger partial charge in [0.15, 0.2) is 5.69 Å². The smallest absolute Gasteiger partial charge is 0.325 e. The summed E-state index contributed by atoms with van der Waals surface area (Å²) in [5.41, 5.74) is 4.57. The van der Waals surface area contributed by atoms with Crippen LogP contribution in [0.25, 0.3) is 5.65 Å². The number of aromatic nitrogens is 2. The van der Waals surface area contributed by atoms with E-state index in [1.54, 1.807) is 6.07 Å². The second-order valence-corrected chi connectivity index (χ2v) is 3.04. The second-order valence-electron chi connectivity index (χ2n) is 3.04. The number of halogens is 3. The fraction of sp³-hybridized carbons (Fsp3) is 0.222. The fourth-order valence-electron chi connectivity index (χ4n) is 1.49. The van der Waals surface area contributed by atoms with Crippen LogP contribution in [0.5, 0.6) is 0 Å². The molecule has 15 heavy (non-hydrogen) atoms. The van der Waals surface area contributed by atoms with Crippen molar-refractivity contribution in [1.29, 1.82) is 0 Å². The molecule has 0 radical (unpaired) electrons. The maximum atomic E-state index is 12.7. The van der Waals surface area contributed by atoms with Gasteiger partial charge in [0.25, 0.3) is 0 Å². The minimum atomic E-state index is -4.44. The van der Waals surface area contributed by atoms with Crippen LogP contribution in [0.2, 0.25) is 0 Å². The lowest BCUT2D eigenvalue weighted by molar-refractivity contribution is -0.142. The van der Waals surface area contributed by atoms with Crippen molar-refractivity contribution in [2.24, 2.45) is 5.73 Å². The summed E-state index contributed by atoms with van der Waals surface area (Å²) in [5, 5.41) is 0. The average Bonchev–Trinajstić information content (AvgIpc) is 2.54. The van der Waals surface area contributed by atoms with E-state index >= 15 is 0 Å². The zero-order valence-electron chi connectivity index (χ0n) is 7.62. The minimum absolute atomic E-state index is 0.131. The first-order valence-electron chi connectivity index (χ1n) is 4.27. The lowest BCUT2D eigenvalue weighted by Gasteiger charge is -2.07. The molecule has 80 valence electrons. The fourth-order valence-corrected chi connectivity index (χ4v) is 1.49. The number of hydrogen-bond donors (Lipinski definition) is 1. The standard InChI is InChI=1S/C9H8F3N3/c10-9(11,12)8-6(5-13)14-7-3-1-2-4-15(7)8/h1-4H,5,13H2. The summed E-state index contributed by atoms with van der Waals surface area (Å²) >= 11 is 0. The Kier molecular flexibility index (Phi) is 2.15. The van der Waals surface area contributed by atoms with E-state index in [-0.39, 0.29) is 17.9 Å². The number of pyridine rings is 1. The SMILES string of the molecule is NCc1nc2ccccn2c1C(F)(F)F. The van der Waals surface area contributed by atoms with E-state index in [4.69, 9.17) is 5.73 Å². The number of fused-ring (bicyclic) bond motifs is 1. The van der Waals surface area contributed by atoms with E-state index in [1.165, 1.54) is 18.3 Å². The van der Waals surface area contributed by atoms with Crippen molar-refractivity contribution < 1.29 is 13.2 Å². The topological polar surface area (TPSA) is 43.3 Å². The lowest BCUT2D eigenvalue weighted by Crippen LogP contribution is -2.13. The second kappa shape index (κ2) is 3.23. The highest BCUT2D eigenvalue weighted by Gasteiger charge is 2.37. The van der Waals surface area contributed by atoms with Crippen LogP contribution >= 0.6 is 0 Å². The monoisotopic (exact) mass is 215 g/mol. The van der Waals surface area contributed by atoms with E-state index < -0.39 is 11.9 Å². The molecule has 0 aliphatic heterocycles.